The van der Waals surface area contributed by atoms with Crippen LogP contribution >= 0.6 is 0 Å². The van der Waals surface area contributed by atoms with Crippen LogP contribution in [0.2, 0.25) is 0 Å². The molecule has 0 aromatic heterocycles. The fourth-order valence-corrected chi connectivity index (χ4v) is 3.17. The number of carbonyl (C=O) groups is 3. The number of amides is 1. The van der Waals surface area contributed by atoms with Gasteiger partial charge >= 0.3 is 5.97 Å². The molecule has 0 spiro atoms. The Morgan fingerprint density at radius 1 is 1.32 bits per heavy atom. The van der Waals surface area contributed by atoms with Crippen molar-refractivity contribution >= 4 is 17.7 Å². The van der Waals surface area contributed by atoms with Crippen molar-refractivity contribution in [3.05, 3.63) is 29.6 Å². The van der Waals surface area contributed by atoms with Crippen LogP contribution in [0.5, 0.6) is 5.75 Å². The molecule has 1 fully saturated rings. The number of hydrogen-bond donors (Lipinski definition) is 1. The average molecular weight is 351 g/mol. The number of likely N-dealkylation sites (tertiary alicyclic amines) is 1. The van der Waals surface area contributed by atoms with Gasteiger partial charge in [0.05, 0.1) is 13.0 Å². The lowest BCUT2D eigenvalue weighted by Crippen LogP contribution is -2.49. The third kappa shape index (κ3) is 4.35. The van der Waals surface area contributed by atoms with E-state index in [1.807, 2.05) is 0 Å². The lowest BCUT2D eigenvalue weighted by atomic mass is 9.90. The van der Waals surface area contributed by atoms with E-state index >= 15 is 0 Å². The average Bonchev–Trinajstić information content (AvgIpc) is 2.59. The molecule has 0 radical (unpaired) electrons. The van der Waals surface area contributed by atoms with Crippen LogP contribution in [-0.4, -0.2) is 47.4 Å². The SMILES string of the molecule is COc1ccc(C(=O)CCC(=O)N2CCC[C@H](C(=O)O)[C@@H]2C)cc1F. The number of carboxylic acid groups (broad SMARTS) is 1. The van der Waals surface area contributed by atoms with Crippen LogP contribution in [0, 0.1) is 11.7 Å². The van der Waals surface area contributed by atoms with E-state index in [4.69, 9.17) is 4.74 Å². The molecule has 0 unspecified atom stereocenters. The fraction of sp³-hybridized carbons (Fsp3) is 0.500. The number of methoxy groups -OCH3 is 1. The number of carboxylic acids is 1. The first-order valence-corrected chi connectivity index (χ1v) is 8.24. The second-order valence-electron chi connectivity index (χ2n) is 6.19. The van der Waals surface area contributed by atoms with Crippen molar-refractivity contribution in [3.63, 3.8) is 0 Å². The highest BCUT2D eigenvalue weighted by molar-refractivity contribution is 5.98. The Balaban J connectivity index is 1.96. The van der Waals surface area contributed by atoms with Crippen molar-refractivity contribution < 1.29 is 28.6 Å². The van der Waals surface area contributed by atoms with Crippen LogP contribution in [-0.2, 0) is 9.59 Å². The number of ketones is 1. The van der Waals surface area contributed by atoms with E-state index in [2.05, 4.69) is 0 Å². The van der Waals surface area contributed by atoms with E-state index in [0.29, 0.717) is 19.4 Å². The van der Waals surface area contributed by atoms with Gasteiger partial charge in [0.25, 0.3) is 0 Å². The van der Waals surface area contributed by atoms with Crippen molar-refractivity contribution in [2.24, 2.45) is 5.92 Å². The minimum Gasteiger partial charge on any atom is -0.494 e. The Morgan fingerprint density at radius 3 is 2.64 bits per heavy atom. The highest BCUT2D eigenvalue weighted by Crippen LogP contribution is 2.25. The van der Waals surface area contributed by atoms with Gasteiger partial charge in [0.1, 0.15) is 0 Å². The van der Waals surface area contributed by atoms with E-state index in [1.54, 1.807) is 6.92 Å². The number of hydrogen-bond acceptors (Lipinski definition) is 4. The Hall–Kier alpha value is -2.44. The molecular weight excluding hydrogens is 329 g/mol. The molecule has 1 aromatic rings. The number of nitrogens with zero attached hydrogens (tertiary/aromatic N) is 1. The molecule has 0 saturated carbocycles. The first-order chi connectivity index (χ1) is 11.8. The summed E-state index contributed by atoms with van der Waals surface area (Å²) in [6.07, 6.45) is 1.10. The number of rotatable bonds is 6. The summed E-state index contributed by atoms with van der Waals surface area (Å²) in [5, 5.41) is 9.21. The van der Waals surface area contributed by atoms with Gasteiger partial charge in [-0.1, -0.05) is 0 Å². The third-order valence-corrected chi connectivity index (χ3v) is 4.67. The van der Waals surface area contributed by atoms with E-state index in [-0.39, 0.29) is 35.8 Å². The summed E-state index contributed by atoms with van der Waals surface area (Å²) in [5.41, 5.74) is 0.182. The summed E-state index contributed by atoms with van der Waals surface area (Å²) in [4.78, 5) is 37.3. The van der Waals surface area contributed by atoms with Crippen LogP contribution in [0.25, 0.3) is 0 Å². The van der Waals surface area contributed by atoms with Crippen molar-refractivity contribution in [1.29, 1.82) is 0 Å². The zero-order valence-electron chi connectivity index (χ0n) is 14.3. The molecule has 1 aliphatic heterocycles. The zero-order chi connectivity index (χ0) is 18.6. The smallest absolute Gasteiger partial charge is 0.308 e. The highest BCUT2D eigenvalue weighted by atomic mass is 19.1. The molecule has 1 saturated heterocycles. The Kier molecular flexibility index (Phi) is 6.12. The molecule has 7 heteroatoms. The summed E-state index contributed by atoms with van der Waals surface area (Å²) in [7, 11) is 1.34. The minimum atomic E-state index is -0.908. The van der Waals surface area contributed by atoms with Gasteiger partial charge in [0, 0.05) is 31.0 Å². The molecule has 1 aromatic carbocycles. The lowest BCUT2D eigenvalue weighted by Gasteiger charge is -2.37. The normalized spacial score (nSPS) is 20.2. The van der Waals surface area contributed by atoms with Crippen LogP contribution in [0.4, 0.5) is 4.39 Å². The highest BCUT2D eigenvalue weighted by Gasteiger charge is 2.35. The molecule has 1 amide bonds. The summed E-state index contributed by atoms with van der Waals surface area (Å²) < 4.78 is 18.5. The van der Waals surface area contributed by atoms with Crippen molar-refractivity contribution in [3.8, 4) is 5.75 Å². The zero-order valence-corrected chi connectivity index (χ0v) is 14.3. The molecular formula is C18H22FNO5. The minimum absolute atomic E-state index is 0.0246. The van der Waals surface area contributed by atoms with Gasteiger partial charge in [-0.3, -0.25) is 14.4 Å². The Morgan fingerprint density at radius 2 is 2.04 bits per heavy atom. The van der Waals surface area contributed by atoms with Crippen LogP contribution in [0.3, 0.4) is 0 Å². The third-order valence-electron chi connectivity index (χ3n) is 4.67. The molecule has 2 rings (SSSR count). The Labute approximate surface area is 145 Å². The van der Waals surface area contributed by atoms with E-state index in [0.717, 1.165) is 6.07 Å². The van der Waals surface area contributed by atoms with E-state index < -0.39 is 23.7 Å². The summed E-state index contributed by atoms with van der Waals surface area (Å²) in [6.45, 7) is 2.21. The van der Waals surface area contributed by atoms with E-state index in [9.17, 15) is 23.9 Å². The van der Waals surface area contributed by atoms with Gasteiger partial charge < -0.3 is 14.7 Å². The molecule has 25 heavy (non-hydrogen) atoms. The number of aliphatic carboxylic acids is 1. The van der Waals surface area contributed by atoms with Crippen molar-refractivity contribution in [1.82, 2.24) is 4.90 Å². The molecule has 1 heterocycles. The maximum atomic E-state index is 13.7. The van der Waals surface area contributed by atoms with Gasteiger partial charge in [-0.25, -0.2) is 4.39 Å². The summed E-state index contributed by atoms with van der Waals surface area (Å²) in [6, 6.07) is 3.52. The first-order valence-electron chi connectivity index (χ1n) is 8.24. The molecule has 1 aliphatic rings. The maximum absolute atomic E-state index is 13.7. The Bertz CT molecular complexity index is 675. The number of ether oxygens (including phenoxy) is 1. The number of carbonyl (C=O) groups excluding carboxylic acids is 2. The molecule has 1 N–H and O–H groups in total. The molecule has 136 valence electrons. The first kappa shape index (κ1) is 18.9. The summed E-state index contributed by atoms with van der Waals surface area (Å²) >= 11 is 0. The predicted octanol–water partition coefficient (Wildman–Crippen LogP) is 2.51. The molecule has 6 nitrogen and oxygen atoms in total. The summed E-state index contributed by atoms with van der Waals surface area (Å²) in [5.74, 6) is -2.66. The molecule has 0 bridgehead atoms. The number of piperidine rings is 1. The maximum Gasteiger partial charge on any atom is 0.308 e. The molecule has 2 atom stereocenters. The fourth-order valence-electron chi connectivity index (χ4n) is 3.17. The second-order valence-corrected chi connectivity index (χ2v) is 6.19. The quantitative estimate of drug-likeness (QED) is 0.796. The van der Waals surface area contributed by atoms with E-state index in [1.165, 1.54) is 24.1 Å². The number of benzene rings is 1. The lowest BCUT2D eigenvalue weighted by molar-refractivity contribution is -0.149. The van der Waals surface area contributed by atoms with Crippen molar-refractivity contribution in [2.45, 2.75) is 38.6 Å². The van der Waals surface area contributed by atoms with Crippen LogP contribution in [0.1, 0.15) is 43.0 Å². The van der Waals surface area contributed by atoms with Gasteiger partial charge in [0.2, 0.25) is 5.91 Å². The van der Waals surface area contributed by atoms with Crippen LogP contribution in [0.15, 0.2) is 18.2 Å². The van der Waals surface area contributed by atoms with Gasteiger partial charge in [-0.2, -0.15) is 0 Å². The largest absolute Gasteiger partial charge is 0.494 e. The van der Waals surface area contributed by atoms with Gasteiger partial charge in [-0.15, -0.1) is 0 Å². The number of halogens is 1. The predicted molar refractivity (Wildman–Crippen MR) is 88.1 cm³/mol. The monoisotopic (exact) mass is 351 g/mol. The standard InChI is InChI=1S/C18H22FNO5/c1-11-13(18(23)24)4-3-9-20(11)17(22)8-6-15(21)12-5-7-16(25-2)14(19)10-12/h5,7,10-11,13H,3-4,6,8-9H2,1-2H3,(H,23,24)/t11-,13-/m0/s1. The second kappa shape index (κ2) is 8.09. The van der Waals surface area contributed by atoms with Gasteiger partial charge in [0.15, 0.2) is 17.3 Å². The molecule has 0 aliphatic carbocycles. The topological polar surface area (TPSA) is 83.9 Å². The van der Waals surface area contributed by atoms with Crippen LogP contribution < -0.4 is 4.74 Å². The van der Waals surface area contributed by atoms with Gasteiger partial charge in [-0.05, 0) is 38.0 Å². The number of Topliss-reactive ketones (excluding diaryl/α,β-unsaturated/α-hetero) is 1. The van der Waals surface area contributed by atoms with Crippen molar-refractivity contribution in [2.75, 3.05) is 13.7 Å².